The van der Waals surface area contributed by atoms with Crippen molar-refractivity contribution in [3.63, 3.8) is 0 Å². The van der Waals surface area contributed by atoms with E-state index in [1.807, 2.05) is 26.0 Å². The van der Waals surface area contributed by atoms with Crippen LogP contribution in [0.15, 0.2) is 47.1 Å². The summed E-state index contributed by atoms with van der Waals surface area (Å²) in [6, 6.07) is 0. The van der Waals surface area contributed by atoms with Crippen LogP contribution in [0.3, 0.4) is 0 Å². The number of carbonyl (C=O) groups is 1. The van der Waals surface area contributed by atoms with Gasteiger partial charge in [-0.2, -0.15) is 0 Å². The van der Waals surface area contributed by atoms with Gasteiger partial charge in [0.1, 0.15) is 0 Å². The molecule has 32 heavy (non-hydrogen) atoms. The Morgan fingerprint density at radius 1 is 1.31 bits per heavy atom. The molecule has 0 saturated heterocycles. The Morgan fingerprint density at radius 3 is 2.72 bits per heavy atom. The number of carbonyl (C=O) groups excluding carboxylic acids is 1. The van der Waals surface area contributed by atoms with E-state index < -0.39 is 23.7 Å². The van der Waals surface area contributed by atoms with E-state index in [9.17, 15) is 19.4 Å². The van der Waals surface area contributed by atoms with E-state index in [1.54, 1.807) is 6.08 Å². The second kappa shape index (κ2) is 10.2. The number of hydrogen-bond donors (Lipinski definition) is 2. The minimum absolute atomic E-state index is 0.0824. The molecule has 178 valence electrons. The Labute approximate surface area is 193 Å². The third kappa shape index (κ3) is 5.17. The molecule has 5 unspecified atom stereocenters. The first kappa shape index (κ1) is 25.1. The fraction of sp³-hybridized carbons (Fsp3) is 0.679. The molecule has 3 aliphatic carbocycles. The average Bonchev–Trinajstić information content (AvgIpc) is 3.12. The van der Waals surface area contributed by atoms with Crippen LogP contribution in [-0.4, -0.2) is 33.9 Å². The van der Waals surface area contributed by atoms with Crippen molar-refractivity contribution in [2.24, 2.45) is 17.3 Å². The molecule has 2 fully saturated rings. The van der Waals surface area contributed by atoms with E-state index in [1.165, 1.54) is 11.1 Å². The fourth-order valence-corrected chi connectivity index (χ4v) is 6.06. The first-order chi connectivity index (χ1) is 15.1. The molecule has 2 saturated carbocycles. The van der Waals surface area contributed by atoms with Crippen LogP contribution in [0.2, 0.25) is 0 Å². The molecular formula is C28H41FO3. The number of alkyl halides is 1. The minimum atomic E-state index is -1.58. The number of Topliss-reactive ketones (excluding diaryl/α,β-unsaturated/α-hetero) is 1. The van der Waals surface area contributed by atoms with E-state index in [0.29, 0.717) is 17.4 Å². The van der Waals surface area contributed by atoms with Crippen molar-refractivity contribution in [1.29, 1.82) is 0 Å². The summed E-state index contributed by atoms with van der Waals surface area (Å²) in [7, 11) is 0. The Hall–Kier alpha value is -1.52. The van der Waals surface area contributed by atoms with Crippen LogP contribution in [0.1, 0.15) is 85.5 Å². The third-order valence-corrected chi connectivity index (χ3v) is 8.32. The highest BCUT2D eigenvalue weighted by atomic mass is 19.1. The molecule has 3 aliphatic rings. The highest BCUT2D eigenvalue weighted by Gasteiger charge is 2.45. The van der Waals surface area contributed by atoms with Crippen LogP contribution in [0.5, 0.6) is 0 Å². The van der Waals surface area contributed by atoms with Gasteiger partial charge in [0, 0.05) is 18.4 Å². The monoisotopic (exact) mass is 444 g/mol. The summed E-state index contributed by atoms with van der Waals surface area (Å²) in [6.45, 7) is 8.69. The van der Waals surface area contributed by atoms with E-state index in [0.717, 1.165) is 44.9 Å². The first-order valence-electron chi connectivity index (χ1n) is 12.5. The third-order valence-electron chi connectivity index (χ3n) is 8.32. The summed E-state index contributed by atoms with van der Waals surface area (Å²) in [5.41, 5.74) is 2.68. The van der Waals surface area contributed by atoms with Crippen LogP contribution < -0.4 is 0 Å². The van der Waals surface area contributed by atoms with Crippen molar-refractivity contribution < 1.29 is 19.4 Å². The zero-order valence-electron chi connectivity index (χ0n) is 20.2. The second-order valence-corrected chi connectivity index (χ2v) is 10.4. The molecular weight excluding hydrogens is 403 g/mol. The molecule has 0 aromatic carbocycles. The number of rotatable bonds is 7. The van der Waals surface area contributed by atoms with Gasteiger partial charge in [-0.1, -0.05) is 69.2 Å². The molecule has 0 aromatic heterocycles. The molecule has 0 amide bonds. The van der Waals surface area contributed by atoms with E-state index in [4.69, 9.17) is 0 Å². The maximum atomic E-state index is 13.9. The summed E-state index contributed by atoms with van der Waals surface area (Å²) >= 11 is 0. The molecule has 0 bridgehead atoms. The maximum Gasteiger partial charge on any atom is 0.193 e. The molecule has 3 rings (SSSR count). The summed E-state index contributed by atoms with van der Waals surface area (Å²) < 4.78 is 13.9. The van der Waals surface area contributed by atoms with Crippen molar-refractivity contribution in [1.82, 2.24) is 0 Å². The van der Waals surface area contributed by atoms with Gasteiger partial charge in [-0.3, -0.25) is 4.79 Å². The average molecular weight is 445 g/mol. The summed E-state index contributed by atoms with van der Waals surface area (Å²) in [6.07, 6.45) is 14.8. The van der Waals surface area contributed by atoms with E-state index >= 15 is 0 Å². The van der Waals surface area contributed by atoms with Crippen molar-refractivity contribution >= 4 is 5.78 Å². The zero-order chi connectivity index (χ0) is 23.5. The van der Waals surface area contributed by atoms with Crippen LogP contribution in [0.4, 0.5) is 4.39 Å². The minimum Gasteiger partial charge on any atom is -0.393 e. The summed E-state index contributed by atoms with van der Waals surface area (Å²) in [5.74, 6) is 0.373. The van der Waals surface area contributed by atoms with Crippen LogP contribution in [0.25, 0.3) is 0 Å². The SMILES string of the molecule is CCC(O)(C=CCC(C)C1=CCC2C(=CC=C3CC(O)CC(F)C3=O)CCCC12C)CC. The Kier molecular flexibility index (Phi) is 7.98. The van der Waals surface area contributed by atoms with Gasteiger partial charge in [-0.25, -0.2) is 4.39 Å². The van der Waals surface area contributed by atoms with Gasteiger partial charge in [-0.15, -0.1) is 0 Å². The van der Waals surface area contributed by atoms with Crippen LogP contribution in [-0.2, 0) is 4.79 Å². The maximum absolute atomic E-state index is 13.9. The number of hydrogen-bond acceptors (Lipinski definition) is 3. The lowest BCUT2D eigenvalue weighted by atomic mass is 9.62. The molecule has 3 nitrogen and oxygen atoms in total. The van der Waals surface area contributed by atoms with Gasteiger partial charge in [0.25, 0.3) is 0 Å². The lowest BCUT2D eigenvalue weighted by Gasteiger charge is -2.42. The lowest BCUT2D eigenvalue weighted by Crippen LogP contribution is -2.33. The van der Waals surface area contributed by atoms with E-state index in [-0.39, 0.29) is 18.3 Å². The normalized spacial score (nSPS) is 34.9. The first-order valence-corrected chi connectivity index (χ1v) is 12.5. The number of halogens is 1. The van der Waals surface area contributed by atoms with Gasteiger partial charge >= 0.3 is 0 Å². The van der Waals surface area contributed by atoms with Crippen LogP contribution in [0, 0.1) is 17.3 Å². The Bertz CT molecular complexity index is 817. The quantitative estimate of drug-likeness (QED) is 0.365. The smallest absolute Gasteiger partial charge is 0.193 e. The number of aliphatic hydroxyl groups is 2. The van der Waals surface area contributed by atoms with Gasteiger partial charge in [-0.05, 0) is 62.2 Å². The largest absolute Gasteiger partial charge is 0.393 e. The number of fused-ring (bicyclic) bond motifs is 1. The molecule has 0 heterocycles. The van der Waals surface area contributed by atoms with E-state index in [2.05, 4.69) is 26.0 Å². The van der Waals surface area contributed by atoms with Gasteiger partial charge in [0.2, 0.25) is 0 Å². The van der Waals surface area contributed by atoms with Crippen molar-refractivity contribution in [2.45, 2.75) is 103 Å². The Morgan fingerprint density at radius 2 is 2.03 bits per heavy atom. The summed E-state index contributed by atoms with van der Waals surface area (Å²) in [5, 5.41) is 20.4. The summed E-state index contributed by atoms with van der Waals surface area (Å²) in [4.78, 5) is 12.2. The number of allylic oxidation sites excluding steroid dienone is 6. The molecule has 0 aromatic rings. The molecule has 0 radical (unpaired) electrons. The highest BCUT2D eigenvalue weighted by molar-refractivity contribution is 5.99. The highest BCUT2D eigenvalue weighted by Crippen LogP contribution is 2.56. The second-order valence-electron chi connectivity index (χ2n) is 10.4. The van der Waals surface area contributed by atoms with Gasteiger partial charge in [0.15, 0.2) is 12.0 Å². The van der Waals surface area contributed by atoms with Crippen molar-refractivity contribution in [3.8, 4) is 0 Å². The molecule has 0 spiro atoms. The van der Waals surface area contributed by atoms with Crippen molar-refractivity contribution in [2.75, 3.05) is 0 Å². The Balaban J connectivity index is 1.73. The topological polar surface area (TPSA) is 57.5 Å². The fourth-order valence-electron chi connectivity index (χ4n) is 6.06. The zero-order valence-corrected chi connectivity index (χ0v) is 20.2. The van der Waals surface area contributed by atoms with Gasteiger partial charge in [0.05, 0.1) is 11.7 Å². The molecule has 2 N–H and O–H groups in total. The lowest BCUT2D eigenvalue weighted by molar-refractivity contribution is -0.123. The standard InChI is InChI=1S/C28H41FO3/c1-5-28(32,6-2)16-7-9-19(3)23-13-14-24-20(10-8-15-27(23,24)4)11-12-21-17-22(30)18-25(29)26(21)31/h7,11-13,16,19,22,24-25,30,32H,5-6,8-10,14-15,17-18H2,1-4H3. The van der Waals surface area contributed by atoms with Gasteiger partial charge < -0.3 is 10.2 Å². The number of ketones is 1. The predicted octanol–water partition coefficient (Wildman–Crippen LogP) is 6.17. The predicted molar refractivity (Wildman–Crippen MR) is 128 cm³/mol. The van der Waals surface area contributed by atoms with Crippen molar-refractivity contribution in [3.05, 3.63) is 47.1 Å². The molecule has 5 atom stereocenters. The number of aliphatic hydroxyl groups excluding tert-OH is 1. The molecule has 4 heteroatoms. The van der Waals surface area contributed by atoms with Crippen LogP contribution >= 0.6 is 0 Å². The molecule has 0 aliphatic heterocycles.